The van der Waals surface area contributed by atoms with Gasteiger partial charge in [0, 0.05) is 10.2 Å². The van der Waals surface area contributed by atoms with E-state index in [0.29, 0.717) is 5.54 Å². The average Bonchev–Trinajstić information content (AvgIpc) is 2.26. The highest BCUT2D eigenvalue weighted by Crippen LogP contribution is 2.24. The zero-order valence-corrected chi connectivity index (χ0v) is 9.59. The minimum Gasteiger partial charge on any atom is -0.0984 e. The van der Waals surface area contributed by atoms with Gasteiger partial charge in [0.2, 0.25) is 0 Å². The predicted molar refractivity (Wildman–Crippen MR) is 65.4 cm³/mol. The molecule has 1 aromatic rings. The Bertz CT molecular complexity index is 339. The van der Waals surface area contributed by atoms with Crippen molar-refractivity contribution >= 4 is 22.4 Å². The summed E-state index contributed by atoms with van der Waals surface area (Å²) in [5.41, 5.74) is 4.01. The average molecular weight is 199 g/mol. The standard InChI is InChI=1S/C13H15Si/c1-4-10-8-7-9-12(11(10)5-2)13(14)6-3/h4-5,7-9,13H,1-2,6H2,3H3. The first-order valence-electron chi connectivity index (χ1n) is 4.83. The van der Waals surface area contributed by atoms with Crippen molar-refractivity contribution in [2.45, 2.75) is 18.9 Å². The Morgan fingerprint density at radius 3 is 2.57 bits per heavy atom. The number of hydrogen-bond acceptors (Lipinski definition) is 0. The largest absolute Gasteiger partial charge is 0.0984 e. The highest BCUT2D eigenvalue weighted by molar-refractivity contribution is 6.12. The van der Waals surface area contributed by atoms with Gasteiger partial charge >= 0.3 is 0 Å². The van der Waals surface area contributed by atoms with Crippen molar-refractivity contribution in [2.75, 3.05) is 0 Å². The fourth-order valence-corrected chi connectivity index (χ4v) is 1.79. The van der Waals surface area contributed by atoms with Gasteiger partial charge in [0.25, 0.3) is 0 Å². The van der Waals surface area contributed by atoms with Gasteiger partial charge in [0.05, 0.1) is 0 Å². The summed E-state index contributed by atoms with van der Waals surface area (Å²) in [7, 11) is 3.71. The van der Waals surface area contributed by atoms with Crippen LogP contribution in [0.2, 0.25) is 0 Å². The maximum atomic E-state index is 3.85. The van der Waals surface area contributed by atoms with Gasteiger partial charge in [0.1, 0.15) is 0 Å². The molecule has 0 N–H and O–H groups in total. The van der Waals surface area contributed by atoms with E-state index in [-0.39, 0.29) is 0 Å². The Morgan fingerprint density at radius 2 is 2.07 bits per heavy atom. The van der Waals surface area contributed by atoms with Crippen LogP contribution in [0.4, 0.5) is 0 Å². The smallest absolute Gasteiger partial charge is 0.0331 e. The molecular weight excluding hydrogens is 184 g/mol. The van der Waals surface area contributed by atoms with Crippen molar-refractivity contribution in [3.8, 4) is 0 Å². The Kier molecular flexibility index (Phi) is 3.90. The van der Waals surface area contributed by atoms with E-state index in [2.05, 4.69) is 48.5 Å². The van der Waals surface area contributed by atoms with Crippen LogP contribution >= 0.6 is 0 Å². The van der Waals surface area contributed by atoms with E-state index in [0.717, 1.165) is 12.0 Å². The number of benzene rings is 1. The Balaban J connectivity index is 3.28. The Hall–Kier alpha value is -1.08. The lowest BCUT2D eigenvalue weighted by molar-refractivity contribution is 0.880. The second-order valence-corrected chi connectivity index (χ2v) is 3.92. The molecule has 0 spiro atoms. The maximum absolute atomic E-state index is 3.85. The SMILES string of the molecule is C=Cc1cccc(C([Si])CC)c1C=C. The first-order chi connectivity index (χ1) is 6.74. The van der Waals surface area contributed by atoms with Gasteiger partial charge < -0.3 is 0 Å². The monoisotopic (exact) mass is 199 g/mol. The lowest BCUT2D eigenvalue weighted by atomic mass is 9.97. The molecule has 1 unspecified atom stereocenters. The summed E-state index contributed by atoms with van der Waals surface area (Å²) < 4.78 is 0. The van der Waals surface area contributed by atoms with E-state index < -0.39 is 0 Å². The van der Waals surface area contributed by atoms with Crippen molar-refractivity contribution in [2.24, 2.45) is 0 Å². The van der Waals surface area contributed by atoms with Crippen LogP contribution < -0.4 is 0 Å². The second-order valence-electron chi connectivity index (χ2n) is 3.22. The zero-order chi connectivity index (χ0) is 10.6. The predicted octanol–water partition coefficient (Wildman–Crippen LogP) is 3.59. The van der Waals surface area contributed by atoms with Crippen molar-refractivity contribution in [1.29, 1.82) is 0 Å². The first-order valence-corrected chi connectivity index (χ1v) is 5.41. The van der Waals surface area contributed by atoms with Crippen molar-refractivity contribution in [1.82, 2.24) is 0 Å². The molecule has 0 aliphatic heterocycles. The highest BCUT2D eigenvalue weighted by atomic mass is 28.1. The molecule has 1 aromatic carbocycles. The van der Waals surface area contributed by atoms with Gasteiger partial charge in [-0.3, -0.25) is 0 Å². The van der Waals surface area contributed by atoms with Gasteiger partial charge in [-0.25, -0.2) is 0 Å². The topological polar surface area (TPSA) is 0 Å². The molecule has 1 atom stereocenters. The minimum absolute atomic E-state index is 0.392. The zero-order valence-electron chi connectivity index (χ0n) is 8.59. The summed E-state index contributed by atoms with van der Waals surface area (Å²) >= 11 is 0. The van der Waals surface area contributed by atoms with Crippen LogP contribution in [0.25, 0.3) is 12.2 Å². The normalized spacial score (nSPS) is 12.1. The van der Waals surface area contributed by atoms with E-state index in [1.807, 2.05) is 12.2 Å². The first kappa shape index (κ1) is 11.0. The molecule has 0 aromatic heterocycles. The van der Waals surface area contributed by atoms with Crippen molar-refractivity contribution < 1.29 is 0 Å². The third-order valence-electron chi connectivity index (χ3n) is 2.38. The molecule has 0 amide bonds. The van der Waals surface area contributed by atoms with Crippen molar-refractivity contribution in [3.63, 3.8) is 0 Å². The van der Waals surface area contributed by atoms with Crippen LogP contribution in [-0.4, -0.2) is 10.2 Å². The van der Waals surface area contributed by atoms with E-state index in [9.17, 15) is 0 Å². The molecule has 0 fully saturated rings. The fraction of sp³-hybridized carbons (Fsp3) is 0.231. The van der Waals surface area contributed by atoms with Gasteiger partial charge in [-0.15, -0.1) is 0 Å². The maximum Gasteiger partial charge on any atom is 0.0331 e. The molecule has 1 heteroatoms. The fourth-order valence-electron chi connectivity index (χ4n) is 1.54. The summed E-state index contributed by atoms with van der Waals surface area (Å²) in [5, 5.41) is 0. The molecule has 0 bridgehead atoms. The summed E-state index contributed by atoms with van der Waals surface area (Å²) in [6, 6.07) is 6.25. The van der Waals surface area contributed by atoms with E-state index in [4.69, 9.17) is 0 Å². The van der Waals surface area contributed by atoms with Crippen LogP contribution in [0, 0.1) is 0 Å². The highest BCUT2D eigenvalue weighted by Gasteiger charge is 2.08. The molecule has 0 saturated carbocycles. The Labute approximate surface area is 89.8 Å². The van der Waals surface area contributed by atoms with Crippen LogP contribution in [0.1, 0.15) is 35.6 Å². The van der Waals surface area contributed by atoms with Gasteiger partial charge in [0.15, 0.2) is 0 Å². The number of hydrogen-bond donors (Lipinski definition) is 0. The van der Waals surface area contributed by atoms with Gasteiger partial charge in [-0.1, -0.05) is 56.9 Å². The van der Waals surface area contributed by atoms with Gasteiger partial charge in [-0.2, -0.15) is 0 Å². The number of rotatable bonds is 4. The van der Waals surface area contributed by atoms with Crippen LogP contribution in [0.3, 0.4) is 0 Å². The Morgan fingerprint density at radius 1 is 1.36 bits per heavy atom. The van der Waals surface area contributed by atoms with E-state index >= 15 is 0 Å². The molecule has 1 rings (SSSR count). The molecule has 0 aliphatic rings. The van der Waals surface area contributed by atoms with Gasteiger partial charge in [-0.05, 0) is 22.2 Å². The third kappa shape index (κ3) is 2.04. The van der Waals surface area contributed by atoms with Crippen LogP contribution in [0.15, 0.2) is 31.4 Å². The lowest BCUT2D eigenvalue weighted by Gasteiger charge is -2.14. The van der Waals surface area contributed by atoms with Crippen LogP contribution in [0.5, 0.6) is 0 Å². The lowest BCUT2D eigenvalue weighted by Crippen LogP contribution is -2.00. The minimum atomic E-state index is 0.392. The summed E-state index contributed by atoms with van der Waals surface area (Å²) in [6.07, 6.45) is 4.84. The molecule has 3 radical (unpaired) electrons. The summed E-state index contributed by atoms with van der Waals surface area (Å²) in [5.74, 6) is 0. The molecular formula is C13H15Si. The molecule has 14 heavy (non-hydrogen) atoms. The molecule has 0 nitrogen and oxygen atoms in total. The third-order valence-corrected chi connectivity index (χ3v) is 3.10. The van der Waals surface area contributed by atoms with Crippen LogP contribution in [-0.2, 0) is 0 Å². The van der Waals surface area contributed by atoms with E-state index in [1.54, 1.807) is 0 Å². The van der Waals surface area contributed by atoms with Crippen molar-refractivity contribution in [3.05, 3.63) is 48.0 Å². The molecule has 0 heterocycles. The molecule has 0 aliphatic carbocycles. The quantitative estimate of drug-likeness (QED) is 0.650. The van der Waals surface area contributed by atoms with E-state index in [1.165, 1.54) is 11.1 Å². The summed E-state index contributed by atoms with van der Waals surface area (Å²) in [4.78, 5) is 0. The summed E-state index contributed by atoms with van der Waals surface area (Å²) in [6.45, 7) is 9.81. The molecule has 71 valence electrons. The molecule has 0 saturated heterocycles. The second kappa shape index (κ2) is 4.96.